The molecule has 1 atom stereocenters. The molecule has 6 heteroatoms. The molecule has 1 fully saturated rings. The van der Waals surface area contributed by atoms with E-state index in [-0.39, 0.29) is 17.5 Å². The van der Waals surface area contributed by atoms with E-state index in [0.29, 0.717) is 0 Å². The third-order valence-corrected chi connectivity index (χ3v) is 5.34. The van der Waals surface area contributed by atoms with Gasteiger partial charge in [-0.3, -0.25) is 4.98 Å². The zero-order valence-corrected chi connectivity index (χ0v) is 10.7. The first kappa shape index (κ1) is 12.0. The van der Waals surface area contributed by atoms with Crippen LogP contribution in [0, 0.1) is 0 Å². The summed E-state index contributed by atoms with van der Waals surface area (Å²) in [5, 5.41) is 3.26. The highest BCUT2D eigenvalue weighted by Crippen LogP contribution is 2.14. The summed E-state index contributed by atoms with van der Waals surface area (Å²) in [6, 6.07) is 0.145. The van der Waals surface area contributed by atoms with Gasteiger partial charge in [0, 0.05) is 17.1 Å². The molecule has 1 aromatic rings. The maximum Gasteiger partial charge on any atom is 0.156 e. The fourth-order valence-electron chi connectivity index (χ4n) is 1.96. The summed E-state index contributed by atoms with van der Waals surface area (Å²) in [7, 11) is -3.00. The Bertz CT molecular complexity index is 408. The standard InChI is InChI=1S/C10H16N2O2S2/c13-16(14,7-10-5-11-8-15-10)6-9-3-1-2-4-12-9/h5,8-9,12H,1-4,6-7H2/t9-/m1/s1. The third-order valence-electron chi connectivity index (χ3n) is 2.71. The van der Waals surface area contributed by atoms with Gasteiger partial charge >= 0.3 is 0 Å². The molecule has 1 aliphatic heterocycles. The van der Waals surface area contributed by atoms with Gasteiger partial charge < -0.3 is 5.32 Å². The van der Waals surface area contributed by atoms with E-state index < -0.39 is 9.84 Å². The number of hydrogen-bond acceptors (Lipinski definition) is 5. The smallest absolute Gasteiger partial charge is 0.156 e. The minimum absolute atomic E-state index is 0.135. The number of hydrogen-bond donors (Lipinski definition) is 1. The monoisotopic (exact) mass is 260 g/mol. The Labute approximate surface area is 100 Å². The van der Waals surface area contributed by atoms with Crippen molar-refractivity contribution in [3.8, 4) is 0 Å². The first-order valence-electron chi connectivity index (χ1n) is 5.47. The minimum atomic E-state index is -3.00. The van der Waals surface area contributed by atoms with Gasteiger partial charge in [-0.2, -0.15) is 0 Å². The molecule has 0 radical (unpaired) electrons. The average Bonchev–Trinajstić information content (AvgIpc) is 2.70. The van der Waals surface area contributed by atoms with Gasteiger partial charge in [-0.15, -0.1) is 11.3 Å². The topological polar surface area (TPSA) is 59.1 Å². The van der Waals surface area contributed by atoms with Gasteiger partial charge in [0.05, 0.1) is 17.0 Å². The van der Waals surface area contributed by atoms with Crippen LogP contribution < -0.4 is 5.32 Å². The van der Waals surface area contributed by atoms with E-state index in [4.69, 9.17) is 0 Å². The molecule has 1 aromatic heterocycles. The Hall–Kier alpha value is -0.460. The number of aromatic nitrogens is 1. The molecular formula is C10H16N2O2S2. The third kappa shape index (κ3) is 3.54. The van der Waals surface area contributed by atoms with E-state index in [2.05, 4.69) is 10.3 Å². The van der Waals surface area contributed by atoms with Crippen LogP contribution in [0.2, 0.25) is 0 Å². The van der Waals surface area contributed by atoms with E-state index in [1.807, 2.05) is 0 Å². The van der Waals surface area contributed by atoms with Crippen LogP contribution in [-0.2, 0) is 15.6 Å². The fourth-order valence-corrected chi connectivity index (χ4v) is 4.67. The Morgan fingerprint density at radius 2 is 2.38 bits per heavy atom. The molecule has 16 heavy (non-hydrogen) atoms. The van der Waals surface area contributed by atoms with E-state index in [0.717, 1.165) is 30.7 Å². The van der Waals surface area contributed by atoms with Gasteiger partial charge in [-0.05, 0) is 19.4 Å². The average molecular weight is 260 g/mol. The van der Waals surface area contributed by atoms with Gasteiger partial charge in [0.1, 0.15) is 0 Å². The lowest BCUT2D eigenvalue weighted by atomic mass is 10.1. The predicted octanol–water partition coefficient (Wildman–Crippen LogP) is 1.20. The summed E-state index contributed by atoms with van der Waals surface area (Å²) in [5.74, 6) is 0.390. The Balaban J connectivity index is 1.92. The van der Waals surface area contributed by atoms with Crippen LogP contribution in [0.15, 0.2) is 11.7 Å². The molecule has 4 nitrogen and oxygen atoms in total. The maximum absolute atomic E-state index is 11.9. The molecule has 0 amide bonds. The summed E-state index contributed by atoms with van der Waals surface area (Å²) >= 11 is 1.40. The van der Waals surface area contributed by atoms with Crippen molar-refractivity contribution in [2.45, 2.75) is 31.1 Å². The predicted molar refractivity (Wildman–Crippen MR) is 65.2 cm³/mol. The summed E-state index contributed by atoms with van der Waals surface area (Å²) < 4.78 is 23.8. The molecule has 0 unspecified atom stereocenters. The van der Waals surface area contributed by atoms with Gasteiger partial charge in [-0.25, -0.2) is 8.42 Å². The molecule has 0 spiro atoms. The second kappa shape index (κ2) is 5.25. The molecule has 0 aromatic carbocycles. The first-order chi connectivity index (χ1) is 7.66. The molecule has 90 valence electrons. The Morgan fingerprint density at radius 3 is 3.00 bits per heavy atom. The lowest BCUT2D eigenvalue weighted by Crippen LogP contribution is -2.39. The number of rotatable bonds is 4. The number of nitrogens with one attached hydrogen (secondary N) is 1. The van der Waals surface area contributed by atoms with Gasteiger partial charge in [0.25, 0.3) is 0 Å². The quantitative estimate of drug-likeness (QED) is 0.884. The van der Waals surface area contributed by atoms with Crippen molar-refractivity contribution in [2.24, 2.45) is 0 Å². The molecule has 0 bridgehead atoms. The summed E-state index contributed by atoms with van der Waals surface area (Å²) in [6.45, 7) is 0.945. The fraction of sp³-hybridized carbons (Fsp3) is 0.700. The molecule has 1 N–H and O–H groups in total. The van der Waals surface area contributed by atoms with Crippen molar-refractivity contribution in [1.29, 1.82) is 0 Å². The maximum atomic E-state index is 11.9. The highest BCUT2D eigenvalue weighted by atomic mass is 32.2. The Kier molecular flexibility index (Phi) is 3.94. The van der Waals surface area contributed by atoms with Crippen LogP contribution in [0.25, 0.3) is 0 Å². The highest BCUT2D eigenvalue weighted by Gasteiger charge is 2.21. The number of thiazole rings is 1. The van der Waals surface area contributed by atoms with Crippen molar-refractivity contribution in [2.75, 3.05) is 12.3 Å². The second-order valence-electron chi connectivity index (χ2n) is 4.17. The van der Waals surface area contributed by atoms with Crippen LogP contribution in [-0.4, -0.2) is 31.7 Å². The van der Waals surface area contributed by atoms with Gasteiger partial charge in [0.2, 0.25) is 0 Å². The van der Waals surface area contributed by atoms with Crippen molar-refractivity contribution in [1.82, 2.24) is 10.3 Å². The van der Waals surface area contributed by atoms with Crippen molar-refractivity contribution >= 4 is 21.2 Å². The largest absolute Gasteiger partial charge is 0.313 e. The van der Waals surface area contributed by atoms with Crippen LogP contribution in [0.4, 0.5) is 0 Å². The number of sulfone groups is 1. The van der Waals surface area contributed by atoms with E-state index in [1.165, 1.54) is 11.3 Å². The second-order valence-corrected chi connectivity index (χ2v) is 7.25. The minimum Gasteiger partial charge on any atom is -0.313 e. The lowest BCUT2D eigenvalue weighted by Gasteiger charge is -2.22. The van der Waals surface area contributed by atoms with Gasteiger partial charge in [-0.1, -0.05) is 6.42 Å². The summed E-state index contributed by atoms with van der Waals surface area (Å²) in [4.78, 5) is 4.72. The van der Waals surface area contributed by atoms with E-state index in [1.54, 1.807) is 11.7 Å². The Morgan fingerprint density at radius 1 is 1.50 bits per heavy atom. The summed E-state index contributed by atoms with van der Waals surface area (Å²) in [5.41, 5.74) is 1.67. The SMILES string of the molecule is O=S(=O)(Cc1cncs1)C[C@H]1CCCCN1. The van der Waals surface area contributed by atoms with Crippen LogP contribution in [0.1, 0.15) is 24.1 Å². The number of nitrogens with zero attached hydrogens (tertiary/aromatic N) is 1. The van der Waals surface area contributed by atoms with Crippen molar-refractivity contribution in [3.63, 3.8) is 0 Å². The van der Waals surface area contributed by atoms with E-state index in [9.17, 15) is 8.42 Å². The molecule has 2 rings (SSSR count). The first-order valence-corrected chi connectivity index (χ1v) is 8.17. The lowest BCUT2D eigenvalue weighted by molar-refractivity contribution is 0.423. The zero-order chi connectivity index (χ0) is 11.4. The zero-order valence-electron chi connectivity index (χ0n) is 9.05. The summed E-state index contributed by atoms with van der Waals surface area (Å²) in [6.07, 6.45) is 4.90. The molecule has 1 aliphatic rings. The molecule has 1 saturated heterocycles. The number of piperidine rings is 1. The van der Waals surface area contributed by atoms with Crippen LogP contribution >= 0.6 is 11.3 Å². The van der Waals surface area contributed by atoms with Crippen molar-refractivity contribution in [3.05, 3.63) is 16.6 Å². The molecule has 0 saturated carbocycles. The highest BCUT2D eigenvalue weighted by molar-refractivity contribution is 7.90. The van der Waals surface area contributed by atoms with Crippen LogP contribution in [0.5, 0.6) is 0 Å². The van der Waals surface area contributed by atoms with Crippen molar-refractivity contribution < 1.29 is 8.42 Å². The molecule has 0 aliphatic carbocycles. The van der Waals surface area contributed by atoms with E-state index >= 15 is 0 Å². The normalized spacial score (nSPS) is 22.1. The molecule has 2 heterocycles. The van der Waals surface area contributed by atoms with Crippen LogP contribution in [0.3, 0.4) is 0 Å². The van der Waals surface area contributed by atoms with Gasteiger partial charge in [0.15, 0.2) is 9.84 Å². The molecular weight excluding hydrogens is 244 g/mol.